The number of ether oxygens (including phenoxy) is 1. The molecular weight excluding hydrogens is 370 g/mol. The number of hydrogen-bond donors (Lipinski definition) is 0. The Morgan fingerprint density at radius 3 is 2.55 bits per heavy atom. The number of hydrogen-bond acceptors (Lipinski definition) is 7. The zero-order chi connectivity index (χ0) is 19.4. The van der Waals surface area contributed by atoms with Crippen molar-refractivity contribution in [2.24, 2.45) is 40.9 Å². The van der Waals surface area contributed by atoms with Gasteiger partial charge in [-0.05, 0) is 67.6 Å². The molecule has 0 N–H and O–H groups in total. The predicted octanol–water partition coefficient (Wildman–Crippen LogP) is 2.22. The molecule has 9 rings (SSSR count). The van der Waals surface area contributed by atoms with Crippen molar-refractivity contribution in [2.75, 3.05) is 7.11 Å². The molecule has 146 valence electrons. The first-order valence-electron chi connectivity index (χ1n) is 10.4. The Balaban J connectivity index is 1.13. The van der Waals surface area contributed by atoms with Crippen molar-refractivity contribution < 1.29 is 14.1 Å². The highest BCUT2D eigenvalue weighted by Crippen LogP contribution is 3.09. The molecule has 2 aromatic heterocycles. The normalized spacial score (nSPS) is 43.7. The summed E-state index contributed by atoms with van der Waals surface area (Å²) in [5, 5.41) is 12.8. The van der Waals surface area contributed by atoms with Gasteiger partial charge in [-0.25, -0.2) is 4.68 Å². The second kappa shape index (κ2) is 4.08. The number of carbonyl (C=O) groups excluding carboxylic acids is 1. The van der Waals surface area contributed by atoms with Gasteiger partial charge in [0, 0.05) is 11.6 Å². The molecule has 6 saturated carbocycles. The lowest BCUT2D eigenvalue weighted by Gasteiger charge is -3.09. The number of nitrogens with zero attached hydrogens (tertiary/aromatic N) is 5. The van der Waals surface area contributed by atoms with Gasteiger partial charge in [0.05, 0.1) is 23.5 Å². The van der Waals surface area contributed by atoms with E-state index in [0.29, 0.717) is 41.3 Å². The average Bonchev–Trinajstić information content (AvgIpc) is 3.39. The first-order chi connectivity index (χ1) is 14.1. The molecule has 0 unspecified atom stereocenters. The van der Waals surface area contributed by atoms with Gasteiger partial charge >= 0.3 is 5.97 Å². The molecule has 6 aliphatic rings. The number of fused-ring (bicyclic) bond motifs is 1. The number of rotatable bonds is 4. The topological polar surface area (TPSA) is 95.9 Å². The van der Waals surface area contributed by atoms with Crippen LogP contribution in [-0.4, -0.2) is 38.2 Å². The van der Waals surface area contributed by atoms with Crippen molar-refractivity contribution in [1.82, 2.24) is 25.1 Å². The average molecular weight is 389 g/mol. The first kappa shape index (κ1) is 15.1. The highest BCUT2D eigenvalue weighted by Gasteiger charge is 3.13. The highest BCUT2D eigenvalue weighted by atomic mass is 16.5. The number of benzene rings is 1. The van der Waals surface area contributed by atoms with Gasteiger partial charge in [-0.1, -0.05) is 10.4 Å². The maximum Gasteiger partial charge on any atom is 0.312 e. The summed E-state index contributed by atoms with van der Waals surface area (Å²) in [6.07, 6.45) is 0. The van der Waals surface area contributed by atoms with Gasteiger partial charge in [-0.3, -0.25) is 4.79 Å². The van der Waals surface area contributed by atoms with E-state index >= 15 is 0 Å². The first-order valence-corrected chi connectivity index (χ1v) is 10.4. The smallest absolute Gasteiger partial charge is 0.312 e. The molecule has 29 heavy (non-hydrogen) atoms. The quantitative estimate of drug-likeness (QED) is 0.631. The van der Waals surface area contributed by atoms with Crippen LogP contribution < -0.4 is 0 Å². The lowest BCUT2D eigenvalue weighted by molar-refractivity contribution is -0.616. The standard InChI is InChI=1S/C21H19N5O3/c1-7(2)26-10-5-4-8(6-9(10)23-25-26)17-22-18(29-24-17)20-11-14-12(20)16-13(20)15(11)21(14,16)19(27)28-3/h4-7,11-16H,1-3H3. The predicted molar refractivity (Wildman–Crippen MR) is 98.3 cm³/mol. The van der Waals surface area contributed by atoms with Crippen molar-refractivity contribution in [1.29, 1.82) is 0 Å². The molecule has 0 spiro atoms. The largest absolute Gasteiger partial charge is 0.469 e. The summed E-state index contributed by atoms with van der Waals surface area (Å²) >= 11 is 0. The summed E-state index contributed by atoms with van der Waals surface area (Å²) < 4.78 is 12.8. The van der Waals surface area contributed by atoms with Crippen molar-refractivity contribution in [3.63, 3.8) is 0 Å². The van der Waals surface area contributed by atoms with E-state index in [1.807, 2.05) is 22.9 Å². The molecule has 0 atom stereocenters. The van der Waals surface area contributed by atoms with Crippen LogP contribution in [0.15, 0.2) is 22.7 Å². The van der Waals surface area contributed by atoms with Crippen molar-refractivity contribution in [2.45, 2.75) is 25.3 Å². The van der Waals surface area contributed by atoms with Crippen LogP contribution in [0.3, 0.4) is 0 Å². The second-order valence-electron chi connectivity index (χ2n) is 9.77. The van der Waals surface area contributed by atoms with E-state index in [1.54, 1.807) is 0 Å². The Hall–Kier alpha value is -2.77. The van der Waals surface area contributed by atoms with Gasteiger partial charge in [0.25, 0.3) is 0 Å². The molecule has 1 aromatic carbocycles. The van der Waals surface area contributed by atoms with E-state index < -0.39 is 0 Å². The molecule has 0 amide bonds. The summed E-state index contributed by atoms with van der Waals surface area (Å²) in [4.78, 5) is 17.1. The molecule has 3 aromatic rings. The van der Waals surface area contributed by atoms with E-state index in [9.17, 15) is 4.79 Å². The zero-order valence-electron chi connectivity index (χ0n) is 16.2. The SMILES string of the molecule is COC(=O)C12C3C4C1C1C2C3C41c1nc(-c2ccc3c(c2)nnn3C(C)C)no1. The van der Waals surface area contributed by atoms with E-state index in [1.165, 1.54) is 7.11 Å². The van der Waals surface area contributed by atoms with Crippen LogP contribution in [-0.2, 0) is 14.9 Å². The van der Waals surface area contributed by atoms with E-state index in [-0.39, 0.29) is 22.8 Å². The monoisotopic (exact) mass is 389 g/mol. The highest BCUT2D eigenvalue weighted by molar-refractivity contribution is 5.89. The lowest BCUT2D eigenvalue weighted by Crippen LogP contribution is -3.12. The van der Waals surface area contributed by atoms with E-state index in [0.717, 1.165) is 22.5 Å². The summed E-state index contributed by atoms with van der Waals surface area (Å²) in [6, 6.07) is 6.25. The molecule has 6 fully saturated rings. The fourth-order valence-electron chi connectivity index (χ4n) is 8.52. The van der Waals surface area contributed by atoms with Crippen LogP contribution in [0, 0.1) is 40.9 Å². The zero-order valence-corrected chi connectivity index (χ0v) is 16.2. The lowest BCUT2D eigenvalue weighted by atomic mass is 8.92. The van der Waals surface area contributed by atoms with Crippen molar-refractivity contribution >= 4 is 17.0 Å². The molecule has 8 heteroatoms. The van der Waals surface area contributed by atoms with Gasteiger partial charge in [0.15, 0.2) is 0 Å². The molecule has 0 saturated heterocycles. The van der Waals surface area contributed by atoms with Crippen LogP contribution >= 0.6 is 0 Å². The van der Waals surface area contributed by atoms with Crippen molar-refractivity contribution in [3.05, 3.63) is 24.1 Å². The van der Waals surface area contributed by atoms with Crippen LogP contribution in [0.4, 0.5) is 0 Å². The number of methoxy groups -OCH3 is 1. The maximum absolute atomic E-state index is 12.3. The Bertz CT molecular complexity index is 1220. The van der Waals surface area contributed by atoms with Gasteiger partial charge in [0.1, 0.15) is 5.52 Å². The summed E-state index contributed by atoms with van der Waals surface area (Å²) in [5.41, 5.74) is 2.66. The molecule has 0 aliphatic heterocycles. The number of aromatic nitrogens is 5. The van der Waals surface area contributed by atoms with E-state index in [4.69, 9.17) is 14.2 Å². The minimum atomic E-state index is -0.132. The summed E-state index contributed by atoms with van der Waals surface area (Å²) in [7, 11) is 1.51. The third-order valence-corrected chi connectivity index (χ3v) is 9.18. The number of carbonyl (C=O) groups is 1. The maximum atomic E-state index is 12.3. The molecular formula is C21H19N5O3. The molecule has 0 bridgehead atoms. The molecule has 0 radical (unpaired) electrons. The van der Waals surface area contributed by atoms with Gasteiger partial charge in [0.2, 0.25) is 11.7 Å². The van der Waals surface area contributed by atoms with Gasteiger partial charge < -0.3 is 9.26 Å². The minimum Gasteiger partial charge on any atom is -0.469 e. The summed E-state index contributed by atoms with van der Waals surface area (Å²) in [6.45, 7) is 4.17. The van der Waals surface area contributed by atoms with Crippen LogP contribution in [0.25, 0.3) is 22.4 Å². The Morgan fingerprint density at radius 2 is 1.90 bits per heavy atom. The fourth-order valence-corrected chi connectivity index (χ4v) is 8.52. The minimum absolute atomic E-state index is 0.0171. The van der Waals surface area contributed by atoms with Crippen LogP contribution in [0.5, 0.6) is 0 Å². The second-order valence-corrected chi connectivity index (χ2v) is 9.77. The van der Waals surface area contributed by atoms with E-state index in [2.05, 4.69) is 29.3 Å². The Labute approximate surface area is 165 Å². The summed E-state index contributed by atoms with van der Waals surface area (Å²) in [5.74, 6) is 4.52. The van der Waals surface area contributed by atoms with Crippen molar-refractivity contribution in [3.8, 4) is 11.4 Å². The number of esters is 1. The van der Waals surface area contributed by atoms with Gasteiger partial charge in [-0.2, -0.15) is 4.98 Å². The van der Waals surface area contributed by atoms with Crippen LogP contribution in [0.1, 0.15) is 25.8 Å². The van der Waals surface area contributed by atoms with Crippen LogP contribution in [0.2, 0.25) is 0 Å². The Morgan fingerprint density at radius 1 is 1.17 bits per heavy atom. The molecule has 8 nitrogen and oxygen atoms in total. The third-order valence-electron chi connectivity index (χ3n) is 9.18. The molecule has 6 aliphatic carbocycles. The van der Waals surface area contributed by atoms with Gasteiger partial charge in [-0.15, -0.1) is 5.10 Å². The Kier molecular flexibility index (Phi) is 2.13. The fraction of sp³-hybridized carbons (Fsp3) is 0.571. The third kappa shape index (κ3) is 1.12. The molecule has 2 heterocycles.